The van der Waals surface area contributed by atoms with Gasteiger partial charge in [-0.15, -0.1) is 0 Å². The number of carbonyl (C=O) groups is 1. The quantitative estimate of drug-likeness (QED) is 0.864. The molecule has 1 amide bonds. The standard InChI is InChI=1S/C20H23NO4/c1-4-24-18-10-15-14(13-8-6-7-9-17(13)23-3)11-20(22)21-16(15)12-19(18)25-5-2/h6-10,12,14H,4-5,11H2,1-3H3,(H,21,22)/t14-/m1/s1. The molecule has 1 atom stereocenters. The highest BCUT2D eigenvalue weighted by molar-refractivity contribution is 5.96. The lowest BCUT2D eigenvalue weighted by Crippen LogP contribution is -2.24. The van der Waals surface area contributed by atoms with Gasteiger partial charge >= 0.3 is 0 Å². The summed E-state index contributed by atoms with van der Waals surface area (Å²) in [5.41, 5.74) is 2.77. The van der Waals surface area contributed by atoms with E-state index in [0.717, 1.165) is 22.6 Å². The van der Waals surface area contributed by atoms with Gasteiger partial charge < -0.3 is 19.5 Å². The van der Waals surface area contributed by atoms with Crippen LogP contribution in [0.3, 0.4) is 0 Å². The van der Waals surface area contributed by atoms with E-state index in [1.54, 1.807) is 7.11 Å². The third kappa shape index (κ3) is 3.40. The molecule has 0 spiro atoms. The van der Waals surface area contributed by atoms with Crippen molar-refractivity contribution in [1.82, 2.24) is 0 Å². The molecule has 5 nitrogen and oxygen atoms in total. The van der Waals surface area contributed by atoms with Gasteiger partial charge in [-0.25, -0.2) is 0 Å². The van der Waals surface area contributed by atoms with E-state index in [1.165, 1.54) is 0 Å². The second-order valence-corrected chi connectivity index (χ2v) is 5.80. The van der Waals surface area contributed by atoms with Crippen molar-refractivity contribution in [2.75, 3.05) is 25.6 Å². The Morgan fingerprint density at radius 1 is 1.00 bits per heavy atom. The minimum atomic E-state index is -0.0882. The van der Waals surface area contributed by atoms with Gasteiger partial charge in [0, 0.05) is 29.7 Å². The SMILES string of the molecule is CCOc1cc2c(cc1OCC)[C@@H](c1ccccc1OC)CC(=O)N2. The minimum absolute atomic E-state index is 0.0185. The number of hydrogen-bond acceptors (Lipinski definition) is 4. The van der Waals surface area contributed by atoms with E-state index in [9.17, 15) is 4.79 Å². The maximum Gasteiger partial charge on any atom is 0.225 e. The van der Waals surface area contributed by atoms with Gasteiger partial charge in [-0.05, 0) is 31.5 Å². The molecule has 0 fully saturated rings. The monoisotopic (exact) mass is 341 g/mol. The van der Waals surface area contributed by atoms with Crippen LogP contribution in [0.15, 0.2) is 36.4 Å². The molecule has 1 heterocycles. The molecule has 2 aromatic carbocycles. The van der Waals surface area contributed by atoms with Crippen LogP contribution in [0.25, 0.3) is 0 Å². The Hall–Kier alpha value is -2.69. The fraction of sp³-hybridized carbons (Fsp3) is 0.350. The number of carbonyl (C=O) groups excluding carboxylic acids is 1. The number of anilines is 1. The molecule has 132 valence electrons. The number of rotatable bonds is 6. The van der Waals surface area contributed by atoms with Crippen molar-refractivity contribution in [1.29, 1.82) is 0 Å². The highest BCUT2D eigenvalue weighted by Gasteiger charge is 2.30. The fourth-order valence-electron chi connectivity index (χ4n) is 3.24. The summed E-state index contributed by atoms with van der Waals surface area (Å²) in [6, 6.07) is 11.6. The Morgan fingerprint density at radius 2 is 1.68 bits per heavy atom. The van der Waals surface area contributed by atoms with Crippen LogP contribution in [0.1, 0.15) is 37.3 Å². The molecule has 1 aliphatic rings. The summed E-state index contributed by atoms with van der Waals surface area (Å²) >= 11 is 0. The number of amides is 1. The second-order valence-electron chi connectivity index (χ2n) is 5.80. The fourth-order valence-corrected chi connectivity index (χ4v) is 3.24. The Morgan fingerprint density at radius 3 is 2.36 bits per heavy atom. The van der Waals surface area contributed by atoms with Crippen LogP contribution in [-0.2, 0) is 4.79 Å². The lowest BCUT2D eigenvalue weighted by atomic mass is 9.84. The minimum Gasteiger partial charge on any atom is -0.496 e. The van der Waals surface area contributed by atoms with E-state index in [4.69, 9.17) is 14.2 Å². The molecule has 25 heavy (non-hydrogen) atoms. The molecule has 0 aromatic heterocycles. The van der Waals surface area contributed by atoms with Gasteiger partial charge in [0.15, 0.2) is 11.5 Å². The van der Waals surface area contributed by atoms with Crippen LogP contribution in [0.5, 0.6) is 17.2 Å². The number of hydrogen-bond donors (Lipinski definition) is 1. The van der Waals surface area contributed by atoms with Crippen molar-refractivity contribution >= 4 is 11.6 Å². The number of ether oxygens (including phenoxy) is 3. The number of methoxy groups -OCH3 is 1. The third-order valence-electron chi connectivity index (χ3n) is 4.27. The highest BCUT2D eigenvalue weighted by Crippen LogP contribution is 2.45. The van der Waals surface area contributed by atoms with Gasteiger partial charge in [0.1, 0.15) is 5.75 Å². The Kier molecular flexibility index (Phi) is 5.12. The van der Waals surface area contributed by atoms with E-state index >= 15 is 0 Å². The lowest BCUT2D eigenvalue weighted by molar-refractivity contribution is -0.116. The molecule has 2 aromatic rings. The first-order valence-corrected chi connectivity index (χ1v) is 8.54. The predicted octanol–water partition coefficient (Wildman–Crippen LogP) is 3.97. The smallest absolute Gasteiger partial charge is 0.225 e. The van der Waals surface area contributed by atoms with Crippen LogP contribution >= 0.6 is 0 Å². The van der Waals surface area contributed by atoms with Gasteiger partial charge in [0.05, 0.1) is 20.3 Å². The van der Waals surface area contributed by atoms with Crippen molar-refractivity contribution in [2.24, 2.45) is 0 Å². The summed E-state index contributed by atoms with van der Waals surface area (Å²) in [5.74, 6) is 2.01. The molecule has 1 N–H and O–H groups in total. The predicted molar refractivity (Wildman–Crippen MR) is 96.9 cm³/mol. The molecule has 1 aliphatic heterocycles. The lowest BCUT2D eigenvalue weighted by Gasteiger charge is -2.28. The third-order valence-corrected chi connectivity index (χ3v) is 4.27. The van der Waals surface area contributed by atoms with Crippen molar-refractivity contribution in [3.8, 4) is 17.2 Å². The maximum atomic E-state index is 12.3. The van der Waals surface area contributed by atoms with Crippen molar-refractivity contribution < 1.29 is 19.0 Å². The van der Waals surface area contributed by atoms with E-state index in [2.05, 4.69) is 5.32 Å². The topological polar surface area (TPSA) is 56.8 Å². The van der Waals surface area contributed by atoms with Crippen molar-refractivity contribution in [3.05, 3.63) is 47.5 Å². The molecule has 0 radical (unpaired) electrons. The van der Waals surface area contributed by atoms with Crippen molar-refractivity contribution in [3.63, 3.8) is 0 Å². The molecule has 0 saturated heterocycles. The van der Waals surface area contributed by atoms with Crippen LogP contribution in [0, 0.1) is 0 Å². The maximum absolute atomic E-state index is 12.3. The first-order valence-electron chi connectivity index (χ1n) is 8.54. The Labute approximate surface area is 147 Å². The molecule has 0 unspecified atom stereocenters. The van der Waals surface area contributed by atoms with Crippen LogP contribution < -0.4 is 19.5 Å². The van der Waals surface area contributed by atoms with E-state index in [-0.39, 0.29) is 11.8 Å². The summed E-state index contributed by atoms with van der Waals surface area (Å²) in [4.78, 5) is 12.3. The van der Waals surface area contributed by atoms with E-state index in [0.29, 0.717) is 31.1 Å². The zero-order valence-electron chi connectivity index (χ0n) is 14.8. The highest BCUT2D eigenvalue weighted by atomic mass is 16.5. The van der Waals surface area contributed by atoms with Gasteiger partial charge in [0.25, 0.3) is 0 Å². The molecule has 0 bridgehead atoms. The number of nitrogens with one attached hydrogen (secondary N) is 1. The summed E-state index contributed by atoms with van der Waals surface area (Å²) in [5, 5.41) is 2.95. The molecular weight excluding hydrogens is 318 g/mol. The van der Waals surface area contributed by atoms with E-state index in [1.807, 2.05) is 50.2 Å². The summed E-state index contributed by atoms with van der Waals surface area (Å²) in [6.07, 6.45) is 0.368. The van der Waals surface area contributed by atoms with Gasteiger partial charge in [-0.2, -0.15) is 0 Å². The largest absolute Gasteiger partial charge is 0.496 e. The molecule has 3 rings (SSSR count). The van der Waals surface area contributed by atoms with Gasteiger partial charge in [-0.3, -0.25) is 4.79 Å². The number of para-hydroxylation sites is 1. The van der Waals surface area contributed by atoms with Gasteiger partial charge in [-0.1, -0.05) is 18.2 Å². The average Bonchev–Trinajstić information content (AvgIpc) is 2.62. The van der Waals surface area contributed by atoms with Crippen molar-refractivity contribution in [2.45, 2.75) is 26.2 Å². The Bertz CT molecular complexity index is 772. The number of fused-ring (bicyclic) bond motifs is 1. The van der Waals surface area contributed by atoms with Gasteiger partial charge in [0.2, 0.25) is 5.91 Å². The number of benzene rings is 2. The Balaban J connectivity index is 2.13. The molecule has 0 aliphatic carbocycles. The normalized spacial score (nSPS) is 16.0. The summed E-state index contributed by atoms with van der Waals surface area (Å²) in [7, 11) is 1.65. The summed E-state index contributed by atoms with van der Waals surface area (Å²) < 4.78 is 16.9. The van der Waals surface area contributed by atoms with E-state index < -0.39 is 0 Å². The summed E-state index contributed by atoms with van der Waals surface area (Å²) in [6.45, 7) is 4.94. The van der Waals surface area contributed by atoms with Crippen LogP contribution in [0.2, 0.25) is 0 Å². The zero-order valence-corrected chi connectivity index (χ0v) is 14.8. The average molecular weight is 341 g/mol. The van der Waals surface area contributed by atoms with Crippen LogP contribution in [0.4, 0.5) is 5.69 Å². The molecule has 5 heteroatoms. The second kappa shape index (κ2) is 7.47. The first-order chi connectivity index (χ1) is 12.2. The van der Waals surface area contributed by atoms with Crippen LogP contribution in [-0.4, -0.2) is 26.2 Å². The molecule has 0 saturated carbocycles. The first kappa shape index (κ1) is 17.1. The molecular formula is C20H23NO4. The zero-order chi connectivity index (χ0) is 17.8.